The molecule has 0 saturated heterocycles. The molecule has 0 bridgehead atoms. The topological polar surface area (TPSA) is 64.9 Å². The van der Waals surface area contributed by atoms with Crippen molar-refractivity contribution >= 4 is 0 Å². The van der Waals surface area contributed by atoms with Crippen molar-refractivity contribution in [3.05, 3.63) is 36.2 Å². The molecule has 0 aliphatic heterocycles. The number of rotatable bonds is 8. The summed E-state index contributed by atoms with van der Waals surface area (Å²) in [5, 5.41) is 15.3. The minimum atomic E-state index is 0.124. The minimum Gasteiger partial charge on any atom is -0.492 e. The Morgan fingerprint density at radius 1 is 1.19 bits per heavy atom. The van der Waals surface area contributed by atoms with Crippen LogP contribution in [0.15, 0.2) is 30.3 Å². The first-order valence-electron chi connectivity index (χ1n) is 7.34. The summed E-state index contributed by atoms with van der Waals surface area (Å²) < 4.78 is 7.47. The Labute approximate surface area is 125 Å². The van der Waals surface area contributed by atoms with E-state index < -0.39 is 0 Å². The van der Waals surface area contributed by atoms with Crippen LogP contribution in [0.5, 0.6) is 5.75 Å². The zero-order valence-corrected chi connectivity index (χ0v) is 12.9. The Balaban J connectivity index is 1.85. The van der Waals surface area contributed by atoms with Crippen molar-refractivity contribution in [1.29, 1.82) is 0 Å². The molecular formula is C15H23N5O. The van der Waals surface area contributed by atoms with Crippen LogP contribution in [0, 0.1) is 5.92 Å². The summed E-state index contributed by atoms with van der Waals surface area (Å²) in [5.74, 6) is 2.30. The molecule has 0 saturated carbocycles. The maximum absolute atomic E-state index is 5.68. The summed E-state index contributed by atoms with van der Waals surface area (Å²) in [7, 11) is 0. The van der Waals surface area contributed by atoms with E-state index in [0.29, 0.717) is 19.1 Å². The van der Waals surface area contributed by atoms with E-state index in [9.17, 15) is 0 Å². The molecule has 0 aliphatic rings. The summed E-state index contributed by atoms with van der Waals surface area (Å²) >= 11 is 0. The second-order valence-electron chi connectivity index (χ2n) is 5.45. The van der Waals surface area contributed by atoms with Crippen LogP contribution in [0.3, 0.4) is 0 Å². The Hall–Kier alpha value is -1.95. The van der Waals surface area contributed by atoms with Gasteiger partial charge in [0.15, 0.2) is 5.82 Å². The first-order valence-corrected chi connectivity index (χ1v) is 7.34. The van der Waals surface area contributed by atoms with Crippen LogP contribution in [0.25, 0.3) is 0 Å². The van der Waals surface area contributed by atoms with Crippen molar-refractivity contribution in [3.63, 3.8) is 0 Å². The summed E-state index contributed by atoms with van der Waals surface area (Å²) in [6, 6.07) is 9.87. The van der Waals surface area contributed by atoms with E-state index in [1.807, 2.05) is 30.3 Å². The van der Waals surface area contributed by atoms with E-state index >= 15 is 0 Å². The predicted molar refractivity (Wildman–Crippen MR) is 81.0 cm³/mol. The third-order valence-electron chi connectivity index (χ3n) is 3.09. The highest BCUT2D eigenvalue weighted by atomic mass is 16.5. The Morgan fingerprint density at radius 2 is 1.95 bits per heavy atom. The molecular weight excluding hydrogens is 266 g/mol. The van der Waals surface area contributed by atoms with Gasteiger partial charge in [-0.1, -0.05) is 32.0 Å². The Bertz CT molecular complexity index is 526. The van der Waals surface area contributed by atoms with Crippen molar-refractivity contribution in [1.82, 2.24) is 25.5 Å². The molecule has 6 heteroatoms. The molecule has 1 atom stereocenters. The third-order valence-corrected chi connectivity index (χ3v) is 3.09. The van der Waals surface area contributed by atoms with Gasteiger partial charge in [0, 0.05) is 0 Å². The maximum atomic E-state index is 5.68. The first kappa shape index (κ1) is 15.4. The molecule has 0 radical (unpaired) electrons. The van der Waals surface area contributed by atoms with Crippen molar-refractivity contribution in [2.45, 2.75) is 33.4 Å². The standard InChI is InChI=1S/C15H23N5O/c1-12(2)11-16-13(3)15-17-18-19-20(15)9-10-21-14-7-5-4-6-8-14/h4-8,12-13,16H,9-11H2,1-3H3. The Kier molecular flexibility index (Phi) is 5.68. The van der Waals surface area contributed by atoms with Crippen LogP contribution in [0.4, 0.5) is 0 Å². The number of hydrogen-bond acceptors (Lipinski definition) is 5. The molecule has 0 spiro atoms. The van der Waals surface area contributed by atoms with Gasteiger partial charge in [-0.25, -0.2) is 4.68 Å². The van der Waals surface area contributed by atoms with Crippen molar-refractivity contribution in [2.24, 2.45) is 5.92 Å². The molecule has 0 aliphatic carbocycles. The average Bonchev–Trinajstić information content (AvgIpc) is 2.94. The zero-order valence-electron chi connectivity index (χ0n) is 12.9. The highest BCUT2D eigenvalue weighted by Gasteiger charge is 2.14. The fourth-order valence-corrected chi connectivity index (χ4v) is 1.95. The number of hydrogen-bond donors (Lipinski definition) is 1. The summed E-state index contributed by atoms with van der Waals surface area (Å²) in [4.78, 5) is 0. The molecule has 2 rings (SSSR count). The van der Waals surface area contributed by atoms with Gasteiger partial charge in [-0.3, -0.25) is 0 Å². The number of tetrazole rings is 1. The van der Waals surface area contributed by atoms with Crippen molar-refractivity contribution < 1.29 is 4.74 Å². The average molecular weight is 289 g/mol. The molecule has 1 aromatic heterocycles. The fourth-order valence-electron chi connectivity index (χ4n) is 1.95. The summed E-state index contributed by atoms with van der Waals surface area (Å²) in [6.07, 6.45) is 0. The third kappa shape index (κ3) is 4.82. The molecule has 0 fully saturated rings. The lowest BCUT2D eigenvalue weighted by Gasteiger charge is -2.15. The van der Waals surface area contributed by atoms with Gasteiger partial charge in [-0.2, -0.15) is 0 Å². The quantitative estimate of drug-likeness (QED) is 0.806. The van der Waals surface area contributed by atoms with E-state index in [1.165, 1.54) is 0 Å². The fraction of sp³-hybridized carbons (Fsp3) is 0.533. The lowest BCUT2D eigenvalue weighted by molar-refractivity contribution is 0.284. The number of para-hydroxylation sites is 1. The summed E-state index contributed by atoms with van der Waals surface area (Å²) in [6.45, 7) is 8.54. The van der Waals surface area contributed by atoms with E-state index in [4.69, 9.17) is 4.74 Å². The van der Waals surface area contributed by atoms with Gasteiger partial charge in [0.1, 0.15) is 12.4 Å². The summed E-state index contributed by atoms with van der Waals surface area (Å²) in [5.41, 5.74) is 0. The molecule has 114 valence electrons. The highest BCUT2D eigenvalue weighted by Crippen LogP contribution is 2.10. The molecule has 0 amide bonds. The minimum absolute atomic E-state index is 0.124. The van der Waals surface area contributed by atoms with Crippen LogP contribution in [0.2, 0.25) is 0 Å². The van der Waals surface area contributed by atoms with E-state index in [-0.39, 0.29) is 6.04 Å². The normalized spacial score (nSPS) is 12.6. The maximum Gasteiger partial charge on any atom is 0.168 e. The molecule has 1 unspecified atom stereocenters. The lowest BCUT2D eigenvalue weighted by atomic mass is 10.2. The van der Waals surface area contributed by atoms with E-state index in [0.717, 1.165) is 18.1 Å². The number of benzene rings is 1. The monoisotopic (exact) mass is 289 g/mol. The van der Waals surface area contributed by atoms with Crippen LogP contribution in [-0.4, -0.2) is 33.4 Å². The zero-order chi connectivity index (χ0) is 15.1. The number of nitrogens with zero attached hydrogens (tertiary/aromatic N) is 4. The molecule has 1 heterocycles. The van der Waals surface area contributed by atoms with Crippen LogP contribution in [0.1, 0.15) is 32.6 Å². The second kappa shape index (κ2) is 7.73. The molecule has 21 heavy (non-hydrogen) atoms. The largest absolute Gasteiger partial charge is 0.492 e. The number of nitrogens with one attached hydrogen (secondary N) is 1. The molecule has 1 N–H and O–H groups in total. The van der Waals surface area contributed by atoms with Crippen molar-refractivity contribution in [3.8, 4) is 5.75 Å². The number of ether oxygens (including phenoxy) is 1. The van der Waals surface area contributed by atoms with Crippen LogP contribution >= 0.6 is 0 Å². The number of aromatic nitrogens is 4. The molecule has 6 nitrogen and oxygen atoms in total. The smallest absolute Gasteiger partial charge is 0.168 e. The SMILES string of the molecule is CC(C)CNC(C)c1nnnn1CCOc1ccccc1. The van der Waals surface area contributed by atoms with Gasteiger partial charge in [0.2, 0.25) is 0 Å². The van der Waals surface area contributed by atoms with E-state index in [2.05, 4.69) is 41.6 Å². The van der Waals surface area contributed by atoms with Gasteiger partial charge in [0.05, 0.1) is 12.6 Å². The first-order chi connectivity index (χ1) is 10.2. The van der Waals surface area contributed by atoms with Crippen LogP contribution in [-0.2, 0) is 6.54 Å². The van der Waals surface area contributed by atoms with Crippen molar-refractivity contribution in [2.75, 3.05) is 13.2 Å². The van der Waals surface area contributed by atoms with Crippen LogP contribution < -0.4 is 10.1 Å². The molecule has 2 aromatic rings. The predicted octanol–water partition coefficient (Wildman–Crippen LogP) is 2.06. The second-order valence-corrected chi connectivity index (χ2v) is 5.45. The van der Waals surface area contributed by atoms with Gasteiger partial charge < -0.3 is 10.1 Å². The van der Waals surface area contributed by atoms with E-state index in [1.54, 1.807) is 4.68 Å². The highest BCUT2D eigenvalue weighted by molar-refractivity contribution is 5.20. The van der Waals surface area contributed by atoms with Gasteiger partial charge in [-0.05, 0) is 41.9 Å². The van der Waals surface area contributed by atoms with Gasteiger partial charge >= 0.3 is 0 Å². The lowest BCUT2D eigenvalue weighted by Crippen LogP contribution is -2.26. The van der Waals surface area contributed by atoms with Gasteiger partial charge in [0.25, 0.3) is 0 Å². The molecule has 1 aromatic carbocycles. The Morgan fingerprint density at radius 3 is 2.67 bits per heavy atom. The van der Waals surface area contributed by atoms with Gasteiger partial charge in [-0.15, -0.1) is 5.10 Å².